The fourth-order valence-corrected chi connectivity index (χ4v) is 4.30. The molecular formula is C19H21N3O2. The standard InChI is InChI=1S/C19H21N3O2/c1-24-16-12-20-11-15(21-16)18(23)22-13-19(9-5-6-10-19)17(22)14-7-3-2-4-8-14/h2-4,7-8,11-12,17H,5-6,9-10,13H2,1H3/t17-/m0/s1. The zero-order chi connectivity index (χ0) is 16.6. The molecule has 1 saturated heterocycles. The van der Waals surface area contributed by atoms with Gasteiger partial charge in [-0.1, -0.05) is 43.2 Å². The molecule has 1 aliphatic heterocycles. The van der Waals surface area contributed by atoms with Gasteiger partial charge in [0.05, 0.1) is 25.5 Å². The van der Waals surface area contributed by atoms with Crippen molar-refractivity contribution in [3.8, 4) is 5.88 Å². The van der Waals surface area contributed by atoms with Gasteiger partial charge < -0.3 is 9.64 Å². The second kappa shape index (κ2) is 5.89. The van der Waals surface area contributed by atoms with Crippen molar-refractivity contribution in [2.75, 3.05) is 13.7 Å². The molecule has 1 spiro atoms. The summed E-state index contributed by atoms with van der Waals surface area (Å²) in [6, 6.07) is 10.5. The minimum absolute atomic E-state index is 0.0622. The van der Waals surface area contributed by atoms with Crippen molar-refractivity contribution in [3.05, 3.63) is 54.0 Å². The second-order valence-corrected chi connectivity index (χ2v) is 6.76. The minimum Gasteiger partial charge on any atom is -0.480 e. The van der Waals surface area contributed by atoms with E-state index in [9.17, 15) is 4.79 Å². The summed E-state index contributed by atoms with van der Waals surface area (Å²) in [6.45, 7) is 0.810. The number of rotatable bonds is 3. The Morgan fingerprint density at radius 1 is 1.21 bits per heavy atom. The average Bonchev–Trinajstić information content (AvgIpc) is 3.12. The maximum absolute atomic E-state index is 13.0. The Bertz CT molecular complexity index is 741. The highest BCUT2D eigenvalue weighted by molar-refractivity contribution is 5.93. The van der Waals surface area contributed by atoms with Gasteiger partial charge in [0.25, 0.3) is 5.91 Å². The Hall–Kier alpha value is -2.43. The number of methoxy groups -OCH3 is 1. The highest BCUT2D eigenvalue weighted by Crippen LogP contribution is 2.58. The summed E-state index contributed by atoms with van der Waals surface area (Å²) in [6.07, 6.45) is 7.93. The van der Waals surface area contributed by atoms with Crippen LogP contribution in [0.1, 0.15) is 47.8 Å². The van der Waals surface area contributed by atoms with E-state index < -0.39 is 0 Å². The minimum atomic E-state index is -0.0622. The monoisotopic (exact) mass is 323 g/mol. The Labute approximate surface area is 141 Å². The third-order valence-electron chi connectivity index (χ3n) is 5.39. The molecule has 0 N–H and O–H groups in total. The first-order valence-electron chi connectivity index (χ1n) is 8.45. The predicted octanol–water partition coefficient (Wildman–Crippen LogP) is 3.24. The topological polar surface area (TPSA) is 55.3 Å². The number of carbonyl (C=O) groups is 1. The van der Waals surface area contributed by atoms with Crippen LogP contribution >= 0.6 is 0 Å². The van der Waals surface area contributed by atoms with Crippen molar-refractivity contribution >= 4 is 5.91 Å². The number of amides is 1. The first-order chi connectivity index (χ1) is 11.7. The molecule has 2 aromatic rings. The van der Waals surface area contributed by atoms with Crippen molar-refractivity contribution in [1.29, 1.82) is 0 Å². The molecule has 1 aromatic heterocycles. The van der Waals surface area contributed by atoms with Gasteiger partial charge in [0.15, 0.2) is 5.69 Å². The fourth-order valence-electron chi connectivity index (χ4n) is 4.30. The van der Waals surface area contributed by atoms with E-state index in [0.29, 0.717) is 11.6 Å². The van der Waals surface area contributed by atoms with E-state index in [1.165, 1.54) is 50.8 Å². The number of benzene rings is 1. The van der Waals surface area contributed by atoms with Crippen molar-refractivity contribution in [2.24, 2.45) is 5.41 Å². The van der Waals surface area contributed by atoms with Crippen LogP contribution in [0.25, 0.3) is 0 Å². The Balaban J connectivity index is 1.66. The van der Waals surface area contributed by atoms with Crippen LogP contribution in [-0.4, -0.2) is 34.4 Å². The molecule has 1 aromatic carbocycles. The summed E-state index contributed by atoms with van der Waals surface area (Å²) < 4.78 is 5.10. The third-order valence-corrected chi connectivity index (χ3v) is 5.39. The Morgan fingerprint density at radius 3 is 2.67 bits per heavy atom. The van der Waals surface area contributed by atoms with E-state index >= 15 is 0 Å². The van der Waals surface area contributed by atoms with Crippen molar-refractivity contribution < 1.29 is 9.53 Å². The quantitative estimate of drug-likeness (QED) is 0.870. The van der Waals surface area contributed by atoms with E-state index in [-0.39, 0.29) is 17.4 Å². The van der Waals surface area contributed by atoms with Crippen LogP contribution in [0.3, 0.4) is 0 Å². The number of nitrogens with zero attached hydrogens (tertiary/aromatic N) is 3. The largest absolute Gasteiger partial charge is 0.480 e. The van der Waals surface area contributed by atoms with Gasteiger partial charge in [-0.05, 0) is 18.4 Å². The molecule has 5 nitrogen and oxygen atoms in total. The molecule has 124 valence electrons. The molecular weight excluding hydrogens is 302 g/mol. The molecule has 0 bridgehead atoms. The summed E-state index contributed by atoms with van der Waals surface area (Å²) in [7, 11) is 1.53. The smallest absolute Gasteiger partial charge is 0.274 e. The van der Waals surface area contributed by atoms with Crippen LogP contribution in [0.5, 0.6) is 5.88 Å². The first kappa shape index (κ1) is 15.1. The van der Waals surface area contributed by atoms with Crippen molar-refractivity contribution in [3.63, 3.8) is 0 Å². The molecule has 1 aliphatic carbocycles. The summed E-state index contributed by atoms with van der Waals surface area (Å²) in [4.78, 5) is 23.3. The van der Waals surface area contributed by atoms with Crippen LogP contribution in [0.15, 0.2) is 42.7 Å². The van der Waals surface area contributed by atoms with Crippen LogP contribution in [0.2, 0.25) is 0 Å². The molecule has 2 heterocycles. The molecule has 0 unspecified atom stereocenters. The van der Waals surface area contributed by atoms with E-state index in [1.54, 1.807) is 0 Å². The summed E-state index contributed by atoms with van der Waals surface area (Å²) in [5, 5.41) is 0. The van der Waals surface area contributed by atoms with Gasteiger partial charge >= 0.3 is 0 Å². The highest BCUT2D eigenvalue weighted by Gasteiger charge is 2.56. The average molecular weight is 323 g/mol. The highest BCUT2D eigenvalue weighted by atomic mass is 16.5. The molecule has 0 radical (unpaired) electrons. The number of ether oxygens (including phenoxy) is 1. The SMILES string of the molecule is COc1cncc(C(=O)N2CC3(CCCC3)[C@@H]2c2ccccc2)n1. The lowest BCUT2D eigenvalue weighted by atomic mass is 9.67. The molecule has 2 aliphatic rings. The van der Waals surface area contributed by atoms with Crippen LogP contribution in [0, 0.1) is 5.41 Å². The van der Waals surface area contributed by atoms with Gasteiger partial charge in [0.2, 0.25) is 5.88 Å². The van der Waals surface area contributed by atoms with E-state index in [2.05, 4.69) is 22.1 Å². The zero-order valence-corrected chi connectivity index (χ0v) is 13.8. The molecule has 1 atom stereocenters. The fraction of sp³-hybridized carbons (Fsp3) is 0.421. The van der Waals surface area contributed by atoms with E-state index in [4.69, 9.17) is 4.74 Å². The lowest BCUT2D eigenvalue weighted by molar-refractivity contribution is -0.0514. The van der Waals surface area contributed by atoms with Gasteiger partial charge in [0.1, 0.15) is 0 Å². The normalized spacial score (nSPS) is 21.5. The zero-order valence-electron chi connectivity index (χ0n) is 13.8. The molecule has 2 fully saturated rings. The summed E-state index contributed by atoms with van der Waals surface area (Å²) >= 11 is 0. The number of hydrogen-bond donors (Lipinski definition) is 0. The van der Waals surface area contributed by atoms with Crippen molar-refractivity contribution in [2.45, 2.75) is 31.7 Å². The molecule has 5 heteroatoms. The lowest BCUT2D eigenvalue weighted by Crippen LogP contribution is -2.59. The molecule has 1 saturated carbocycles. The number of aromatic nitrogens is 2. The van der Waals surface area contributed by atoms with Crippen molar-refractivity contribution in [1.82, 2.24) is 14.9 Å². The summed E-state index contributed by atoms with van der Waals surface area (Å²) in [5.41, 5.74) is 1.81. The number of carbonyl (C=O) groups excluding carboxylic acids is 1. The third kappa shape index (κ3) is 2.35. The number of hydrogen-bond acceptors (Lipinski definition) is 4. The molecule has 1 amide bonds. The Kier molecular flexibility index (Phi) is 3.71. The van der Waals surface area contributed by atoms with Crippen LogP contribution < -0.4 is 4.74 Å². The van der Waals surface area contributed by atoms with Gasteiger partial charge in [-0.15, -0.1) is 0 Å². The lowest BCUT2D eigenvalue weighted by Gasteiger charge is -2.56. The maximum Gasteiger partial charge on any atom is 0.274 e. The predicted molar refractivity (Wildman–Crippen MR) is 89.7 cm³/mol. The number of likely N-dealkylation sites (tertiary alicyclic amines) is 1. The maximum atomic E-state index is 13.0. The van der Waals surface area contributed by atoms with Gasteiger partial charge in [-0.25, -0.2) is 4.98 Å². The molecule has 4 rings (SSSR count). The Morgan fingerprint density at radius 2 is 1.96 bits per heavy atom. The van der Waals surface area contributed by atoms with Crippen LogP contribution in [0.4, 0.5) is 0 Å². The van der Waals surface area contributed by atoms with Crippen LogP contribution in [-0.2, 0) is 0 Å². The van der Waals surface area contributed by atoms with Gasteiger partial charge in [-0.2, -0.15) is 0 Å². The second-order valence-electron chi connectivity index (χ2n) is 6.76. The van der Waals surface area contributed by atoms with Gasteiger partial charge in [-0.3, -0.25) is 9.78 Å². The first-order valence-corrected chi connectivity index (χ1v) is 8.45. The van der Waals surface area contributed by atoms with E-state index in [0.717, 1.165) is 6.54 Å². The van der Waals surface area contributed by atoms with Gasteiger partial charge in [0, 0.05) is 12.0 Å². The molecule has 24 heavy (non-hydrogen) atoms. The van der Waals surface area contributed by atoms with E-state index in [1.807, 2.05) is 23.1 Å². The summed E-state index contributed by atoms with van der Waals surface area (Å²) in [5.74, 6) is 0.306.